The van der Waals surface area contributed by atoms with Crippen LogP contribution in [-0.4, -0.2) is 167 Å². The molecule has 69 heavy (non-hydrogen) atoms. The summed E-state index contributed by atoms with van der Waals surface area (Å²) < 4.78 is 81.5. The number of Topliss-reactive ketones (excluding diaryl/α,β-unsaturated/α-hetero) is 1. The van der Waals surface area contributed by atoms with Crippen LogP contribution in [0.2, 0.25) is 0 Å². The van der Waals surface area contributed by atoms with Crippen molar-refractivity contribution in [3.63, 3.8) is 0 Å². The van der Waals surface area contributed by atoms with E-state index in [0.29, 0.717) is 50.5 Å². The Morgan fingerprint density at radius 3 is 1.65 bits per heavy atom. The Morgan fingerprint density at radius 2 is 1.16 bits per heavy atom. The number of ketones is 1. The van der Waals surface area contributed by atoms with Crippen LogP contribution in [0.5, 0.6) is 0 Å². The fourth-order valence-electron chi connectivity index (χ4n) is 13.6. The first-order chi connectivity index (χ1) is 33.0. The third kappa shape index (κ3) is 11.1. The lowest BCUT2D eigenvalue weighted by Crippen LogP contribution is -2.59. The number of carbonyl (C=O) groups is 2. The van der Waals surface area contributed by atoms with E-state index < -0.39 is 91.6 Å². The third-order valence-electron chi connectivity index (χ3n) is 17.4. The van der Waals surface area contributed by atoms with Crippen molar-refractivity contribution in [3.05, 3.63) is 23.3 Å². The van der Waals surface area contributed by atoms with E-state index in [0.717, 1.165) is 25.7 Å². The topological polar surface area (TPSA) is 195 Å². The maximum absolute atomic E-state index is 13.1. The molecule has 4 heterocycles. The monoisotopic (exact) mass is 979 g/mol. The molecule has 0 amide bonds. The maximum Gasteiger partial charge on any atom is 0.333 e. The van der Waals surface area contributed by atoms with E-state index in [1.165, 1.54) is 5.57 Å². The zero-order chi connectivity index (χ0) is 49.5. The third-order valence-corrected chi connectivity index (χ3v) is 17.4. The van der Waals surface area contributed by atoms with E-state index in [4.69, 9.17) is 61.6 Å². The molecule has 0 unspecified atom stereocenters. The Labute approximate surface area is 408 Å². The van der Waals surface area contributed by atoms with Gasteiger partial charge in [-0.3, -0.25) is 4.79 Å². The zero-order valence-electron chi connectivity index (χ0n) is 42.7. The lowest BCUT2D eigenvalue weighted by molar-refractivity contribution is -0.347. The van der Waals surface area contributed by atoms with Gasteiger partial charge in [0.05, 0.1) is 60.5 Å². The molecular formula is C52H82O17. The molecule has 0 radical (unpaired) electrons. The van der Waals surface area contributed by atoms with Crippen molar-refractivity contribution in [2.75, 3.05) is 28.4 Å². The molecule has 4 aliphatic heterocycles. The van der Waals surface area contributed by atoms with Crippen molar-refractivity contribution in [1.82, 2.24) is 0 Å². The van der Waals surface area contributed by atoms with Gasteiger partial charge in [0.2, 0.25) is 0 Å². The summed E-state index contributed by atoms with van der Waals surface area (Å²) in [5, 5.41) is 22.9. The van der Waals surface area contributed by atoms with Gasteiger partial charge in [-0.15, -0.1) is 0 Å². The standard InChI is InChI=1S/C52H82O17/c1-12-25(2)51(55)66-37-20-35-34-15-14-32(19-31(34)13-16-36(35)52(56)18-17-33(26(3)53)46(37)52)65-42-22-39(58-9)48(28(5)62-42)68-44-24-41(60-11)50(30(7)64-44)69-45-23-40(59-10)49(29(6)63-45)67-43-21-38(57-8)47(54)27(4)61-43/h12-13,27-30,32-50,54,56H,14-24H2,1-11H3/b25-12+/t27-,28-,29-,30-,32+,33-,34+,35-,36+,37-,38-,39+,40+,41+,42+,43+,44+,45+,46+,47-,48-,49-,50-,52+/m1/s1. The molecular weight excluding hydrogens is 897 g/mol. The number of carbonyl (C=O) groups excluding carboxylic acids is 2. The second-order valence-corrected chi connectivity index (χ2v) is 21.3. The van der Waals surface area contributed by atoms with Crippen LogP contribution in [0, 0.1) is 29.6 Å². The van der Waals surface area contributed by atoms with Gasteiger partial charge in [0.15, 0.2) is 25.2 Å². The SMILES string of the molecule is C/C=C(\C)C(=O)O[C@@H]1C[C@@H]2[C@H]3CC[C@H](O[C@H]4C[C@H](OC)[C@H](O[C@H]5C[C@H](OC)[C@H](O[C@H]6C[C@H](OC)[C@H](O[C@H]7C[C@@H](OC)[C@H](O)[C@@H](C)O7)[C@@H](C)O6)[C@@H](C)O5)[C@@H](C)O4)CC3=CC[C@@H]2[C@@]2(O)CC[C@H](C(C)=O)[C@@H]12. The average molecular weight is 979 g/mol. The van der Waals surface area contributed by atoms with Crippen molar-refractivity contribution < 1.29 is 81.4 Å². The van der Waals surface area contributed by atoms with Gasteiger partial charge in [-0.1, -0.05) is 17.7 Å². The van der Waals surface area contributed by atoms with E-state index in [9.17, 15) is 19.8 Å². The summed E-state index contributed by atoms with van der Waals surface area (Å²) in [6.07, 6.45) is 2.69. The van der Waals surface area contributed by atoms with Gasteiger partial charge in [-0.05, 0) is 111 Å². The molecule has 0 aromatic heterocycles. The highest BCUT2D eigenvalue weighted by Crippen LogP contribution is 2.60. The molecule has 3 saturated carbocycles. The Kier molecular flexibility index (Phi) is 17.5. The van der Waals surface area contributed by atoms with E-state index in [2.05, 4.69) is 6.08 Å². The van der Waals surface area contributed by atoms with Crippen LogP contribution >= 0.6 is 0 Å². The highest BCUT2D eigenvalue weighted by atomic mass is 16.8. The normalized spacial score (nSPS) is 48.2. The molecule has 0 bridgehead atoms. The Hall–Kier alpha value is -1.94. The van der Waals surface area contributed by atoms with Crippen molar-refractivity contribution in [2.24, 2.45) is 29.6 Å². The smallest absolute Gasteiger partial charge is 0.333 e. The first-order valence-electron chi connectivity index (χ1n) is 25.8. The predicted molar refractivity (Wildman–Crippen MR) is 247 cm³/mol. The maximum atomic E-state index is 13.1. The molecule has 0 spiro atoms. The molecule has 8 rings (SSSR count). The lowest BCUT2D eigenvalue weighted by atomic mass is 9.53. The van der Waals surface area contributed by atoms with Crippen molar-refractivity contribution in [3.8, 4) is 0 Å². The number of esters is 1. The van der Waals surface area contributed by atoms with E-state index in [1.54, 1.807) is 55.3 Å². The van der Waals surface area contributed by atoms with Crippen LogP contribution in [0.25, 0.3) is 0 Å². The summed E-state index contributed by atoms with van der Waals surface area (Å²) in [7, 11) is 6.56. The van der Waals surface area contributed by atoms with Crippen LogP contribution < -0.4 is 0 Å². The largest absolute Gasteiger partial charge is 0.459 e. The zero-order valence-corrected chi connectivity index (χ0v) is 42.7. The Bertz CT molecular complexity index is 1810. The van der Waals surface area contributed by atoms with Gasteiger partial charge < -0.3 is 71.8 Å². The summed E-state index contributed by atoms with van der Waals surface area (Å²) in [4.78, 5) is 26.0. The highest BCUT2D eigenvalue weighted by molar-refractivity contribution is 5.88. The van der Waals surface area contributed by atoms with Crippen molar-refractivity contribution in [1.29, 1.82) is 0 Å². The summed E-state index contributed by atoms with van der Waals surface area (Å²) in [5.41, 5.74) is 0.801. The molecule has 24 atom stereocenters. The number of aliphatic hydroxyl groups is 2. The summed E-state index contributed by atoms with van der Waals surface area (Å²) >= 11 is 0. The van der Waals surface area contributed by atoms with Gasteiger partial charge >= 0.3 is 5.97 Å². The first kappa shape index (κ1) is 53.4. The fourth-order valence-corrected chi connectivity index (χ4v) is 13.6. The van der Waals surface area contributed by atoms with Gasteiger partial charge in [-0.2, -0.15) is 0 Å². The fraction of sp³-hybridized carbons (Fsp3) is 0.885. The molecule has 4 saturated heterocycles. The molecule has 392 valence electrons. The van der Waals surface area contributed by atoms with Gasteiger partial charge in [0.25, 0.3) is 0 Å². The molecule has 0 aromatic rings. The minimum absolute atomic E-state index is 0.00798. The number of rotatable bonds is 15. The average Bonchev–Trinajstić information content (AvgIpc) is 3.70. The van der Waals surface area contributed by atoms with Gasteiger partial charge in [0, 0.05) is 71.5 Å². The molecule has 4 aliphatic carbocycles. The number of allylic oxidation sites excluding steroid dienone is 2. The number of fused-ring (bicyclic) bond motifs is 5. The number of aliphatic hydroxyl groups excluding tert-OH is 1. The van der Waals surface area contributed by atoms with E-state index >= 15 is 0 Å². The highest BCUT2D eigenvalue weighted by Gasteiger charge is 2.64. The second kappa shape index (κ2) is 22.7. The van der Waals surface area contributed by atoms with Crippen molar-refractivity contribution in [2.45, 2.75) is 235 Å². The summed E-state index contributed by atoms with van der Waals surface area (Å²) in [5.74, 6) is -0.641. The van der Waals surface area contributed by atoms with Crippen molar-refractivity contribution >= 4 is 11.8 Å². The van der Waals surface area contributed by atoms with Crippen LogP contribution in [0.4, 0.5) is 0 Å². The molecule has 0 aromatic carbocycles. The Morgan fingerprint density at radius 1 is 0.667 bits per heavy atom. The lowest BCUT2D eigenvalue weighted by Gasteiger charge is -2.55. The van der Waals surface area contributed by atoms with E-state index in [-0.39, 0.29) is 65.9 Å². The summed E-state index contributed by atoms with van der Waals surface area (Å²) in [6.45, 7) is 12.8. The summed E-state index contributed by atoms with van der Waals surface area (Å²) in [6, 6.07) is 0. The number of methoxy groups -OCH3 is 4. The molecule has 17 heteroatoms. The number of hydrogen-bond acceptors (Lipinski definition) is 17. The first-order valence-corrected chi connectivity index (χ1v) is 25.8. The molecule has 2 N–H and O–H groups in total. The van der Waals surface area contributed by atoms with Gasteiger partial charge in [-0.25, -0.2) is 4.79 Å². The molecule has 8 aliphatic rings. The van der Waals surface area contributed by atoms with Crippen LogP contribution in [0.1, 0.15) is 119 Å². The number of ether oxygens (including phenoxy) is 13. The molecule has 7 fully saturated rings. The Balaban J connectivity index is 0.836. The van der Waals surface area contributed by atoms with Crippen LogP contribution in [-0.2, 0) is 71.2 Å². The van der Waals surface area contributed by atoms with E-state index in [1.807, 2.05) is 27.7 Å². The van der Waals surface area contributed by atoms with Crippen LogP contribution in [0.3, 0.4) is 0 Å². The van der Waals surface area contributed by atoms with Crippen LogP contribution in [0.15, 0.2) is 23.3 Å². The molecule has 17 nitrogen and oxygen atoms in total. The minimum atomic E-state index is -1.06. The minimum Gasteiger partial charge on any atom is -0.459 e. The van der Waals surface area contributed by atoms with Gasteiger partial charge in [0.1, 0.15) is 36.3 Å². The predicted octanol–water partition coefficient (Wildman–Crippen LogP) is 5.48. The quantitative estimate of drug-likeness (QED) is 0.119. The number of hydrogen-bond donors (Lipinski definition) is 2. The second-order valence-electron chi connectivity index (χ2n) is 21.3.